The van der Waals surface area contributed by atoms with Crippen LogP contribution >= 0.6 is 0 Å². The number of carboxylic acids is 1. The monoisotopic (exact) mass is 143 g/mol. The summed E-state index contributed by atoms with van der Waals surface area (Å²) >= 11 is 0. The lowest BCUT2D eigenvalue weighted by molar-refractivity contribution is -0.138. The molecule has 0 amide bonds. The van der Waals surface area contributed by atoms with Crippen LogP contribution in [0.3, 0.4) is 0 Å². The lowest BCUT2D eigenvalue weighted by Crippen LogP contribution is -2.13. The maximum Gasteiger partial charge on any atom is 0.328 e. The molecule has 0 bridgehead atoms. The van der Waals surface area contributed by atoms with Crippen LogP contribution in [-0.2, 0) is 9.53 Å². The van der Waals surface area contributed by atoms with Gasteiger partial charge < -0.3 is 9.84 Å². The van der Waals surface area contributed by atoms with Crippen LogP contribution in [0, 0.1) is 0 Å². The lowest BCUT2D eigenvalue weighted by Gasteiger charge is -1.94. The highest BCUT2D eigenvalue weighted by Gasteiger charge is 2.23. The molecule has 0 spiro atoms. The number of carbonyl (C=O) groups is 1. The average molecular weight is 143 g/mol. The van der Waals surface area contributed by atoms with Gasteiger partial charge in [-0.3, -0.25) is 0 Å². The van der Waals surface area contributed by atoms with Gasteiger partial charge >= 0.3 is 5.97 Å². The van der Waals surface area contributed by atoms with Gasteiger partial charge in [0.15, 0.2) is 11.9 Å². The molecule has 56 valence electrons. The summed E-state index contributed by atoms with van der Waals surface area (Å²) in [6.45, 7) is 0. The minimum atomic E-state index is -0.868. The summed E-state index contributed by atoms with van der Waals surface area (Å²) in [7, 11) is 1.50. The Morgan fingerprint density at radius 3 is 2.90 bits per heavy atom. The largest absolute Gasteiger partial charge is 0.484 e. The third-order valence-corrected chi connectivity index (χ3v) is 1.45. The zero-order valence-electron chi connectivity index (χ0n) is 5.70. The van der Waals surface area contributed by atoms with Gasteiger partial charge in [-0.05, 0) is 6.42 Å². The third-order valence-electron chi connectivity index (χ3n) is 1.45. The fourth-order valence-electron chi connectivity index (χ4n) is 0.897. The standard InChI is InChI=1S/C6H9NO3/c1-10-5-3-2-4(7-5)6(8)9/h4H,2-3H2,1H3,(H,8,9). The van der Waals surface area contributed by atoms with Gasteiger partial charge in [-0.15, -0.1) is 0 Å². The van der Waals surface area contributed by atoms with Crippen molar-refractivity contribution in [2.24, 2.45) is 4.99 Å². The summed E-state index contributed by atoms with van der Waals surface area (Å²) in [6, 6.07) is -0.574. The topological polar surface area (TPSA) is 58.9 Å². The van der Waals surface area contributed by atoms with Crippen LogP contribution in [0.1, 0.15) is 12.8 Å². The van der Waals surface area contributed by atoms with Gasteiger partial charge in [0.25, 0.3) is 0 Å². The summed E-state index contributed by atoms with van der Waals surface area (Å²) in [5, 5.41) is 8.46. The van der Waals surface area contributed by atoms with Crippen LogP contribution in [0.4, 0.5) is 0 Å². The molecule has 0 saturated carbocycles. The van der Waals surface area contributed by atoms with Gasteiger partial charge in [-0.25, -0.2) is 9.79 Å². The van der Waals surface area contributed by atoms with E-state index in [-0.39, 0.29) is 0 Å². The van der Waals surface area contributed by atoms with Crippen LogP contribution in [0.2, 0.25) is 0 Å². The van der Waals surface area contributed by atoms with Crippen molar-refractivity contribution in [2.45, 2.75) is 18.9 Å². The summed E-state index contributed by atoms with van der Waals surface area (Å²) in [4.78, 5) is 14.1. The molecule has 1 N–H and O–H groups in total. The van der Waals surface area contributed by atoms with Crippen molar-refractivity contribution >= 4 is 11.9 Å². The first-order valence-electron chi connectivity index (χ1n) is 3.07. The van der Waals surface area contributed by atoms with Crippen molar-refractivity contribution in [3.05, 3.63) is 0 Å². The highest BCUT2D eigenvalue weighted by atomic mass is 16.5. The van der Waals surface area contributed by atoms with Crippen LogP contribution in [-0.4, -0.2) is 30.1 Å². The maximum absolute atomic E-state index is 10.3. The Bertz CT molecular complexity index is 176. The molecule has 0 aromatic rings. The quantitative estimate of drug-likeness (QED) is 0.573. The maximum atomic E-state index is 10.3. The number of aliphatic carboxylic acids is 1. The van der Waals surface area contributed by atoms with Crippen molar-refractivity contribution < 1.29 is 14.6 Å². The van der Waals surface area contributed by atoms with Gasteiger partial charge in [-0.1, -0.05) is 0 Å². The molecule has 4 heteroatoms. The smallest absolute Gasteiger partial charge is 0.328 e. The highest BCUT2D eigenvalue weighted by Crippen LogP contribution is 2.13. The van der Waals surface area contributed by atoms with Crippen LogP contribution in [0.15, 0.2) is 4.99 Å². The summed E-state index contributed by atoms with van der Waals surface area (Å²) in [6.07, 6.45) is 1.21. The zero-order chi connectivity index (χ0) is 7.56. The molecule has 4 nitrogen and oxygen atoms in total. The summed E-state index contributed by atoms with van der Waals surface area (Å²) in [5.41, 5.74) is 0. The van der Waals surface area contributed by atoms with E-state index in [2.05, 4.69) is 4.99 Å². The third kappa shape index (κ3) is 1.26. The molecular weight excluding hydrogens is 134 g/mol. The second kappa shape index (κ2) is 2.68. The van der Waals surface area contributed by atoms with E-state index in [1.54, 1.807) is 0 Å². The molecule has 1 rings (SSSR count). The molecule has 0 aliphatic carbocycles. The minimum absolute atomic E-state index is 0.549. The van der Waals surface area contributed by atoms with E-state index in [1.807, 2.05) is 0 Å². The highest BCUT2D eigenvalue weighted by molar-refractivity contribution is 5.85. The van der Waals surface area contributed by atoms with E-state index in [1.165, 1.54) is 7.11 Å². The number of hydrogen-bond donors (Lipinski definition) is 1. The number of carboxylic acid groups (broad SMARTS) is 1. The SMILES string of the molecule is COC1=NC(C(=O)O)CC1. The van der Waals surface area contributed by atoms with Crippen LogP contribution in [0.25, 0.3) is 0 Å². The zero-order valence-corrected chi connectivity index (χ0v) is 5.70. The molecule has 0 aromatic carbocycles. The van der Waals surface area contributed by atoms with Crippen molar-refractivity contribution in [1.82, 2.24) is 0 Å². The molecule has 1 aliphatic heterocycles. The van der Waals surface area contributed by atoms with Gasteiger partial charge in [-0.2, -0.15) is 0 Å². The Hall–Kier alpha value is -1.06. The second-order valence-electron chi connectivity index (χ2n) is 2.12. The molecule has 10 heavy (non-hydrogen) atoms. The van der Waals surface area contributed by atoms with Gasteiger partial charge in [0, 0.05) is 6.42 Å². The Labute approximate surface area is 58.5 Å². The summed E-state index contributed by atoms with van der Waals surface area (Å²) in [5.74, 6) is -0.320. The van der Waals surface area contributed by atoms with E-state index in [0.29, 0.717) is 18.7 Å². The Balaban J connectivity index is 2.55. The van der Waals surface area contributed by atoms with E-state index < -0.39 is 12.0 Å². The van der Waals surface area contributed by atoms with Crippen molar-refractivity contribution in [2.75, 3.05) is 7.11 Å². The predicted molar refractivity (Wildman–Crippen MR) is 35.1 cm³/mol. The van der Waals surface area contributed by atoms with E-state index in [4.69, 9.17) is 9.84 Å². The Morgan fingerprint density at radius 2 is 2.60 bits per heavy atom. The lowest BCUT2D eigenvalue weighted by atomic mass is 10.2. The molecule has 1 heterocycles. The van der Waals surface area contributed by atoms with Gasteiger partial charge in [0.2, 0.25) is 0 Å². The predicted octanol–water partition coefficient (Wildman–Crippen LogP) is 0.278. The van der Waals surface area contributed by atoms with Crippen LogP contribution in [0.5, 0.6) is 0 Å². The van der Waals surface area contributed by atoms with Gasteiger partial charge in [0.1, 0.15) is 0 Å². The fraction of sp³-hybridized carbons (Fsp3) is 0.667. The Morgan fingerprint density at radius 1 is 1.90 bits per heavy atom. The van der Waals surface area contributed by atoms with Crippen molar-refractivity contribution in [3.8, 4) is 0 Å². The van der Waals surface area contributed by atoms with Crippen molar-refractivity contribution in [1.29, 1.82) is 0 Å². The molecule has 1 unspecified atom stereocenters. The number of aliphatic imine (C=N–C) groups is 1. The van der Waals surface area contributed by atoms with E-state index in [9.17, 15) is 4.79 Å². The number of nitrogens with zero attached hydrogens (tertiary/aromatic N) is 1. The number of ether oxygens (including phenoxy) is 1. The molecule has 1 atom stereocenters. The van der Waals surface area contributed by atoms with Crippen molar-refractivity contribution in [3.63, 3.8) is 0 Å². The fourth-order valence-corrected chi connectivity index (χ4v) is 0.897. The van der Waals surface area contributed by atoms with E-state index in [0.717, 1.165) is 0 Å². The molecular formula is C6H9NO3. The number of hydrogen-bond acceptors (Lipinski definition) is 3. The number of rotatable bonds is 1. The molecule has 0 saturated heterocycles. The van der Waals surface area contributed by atoms with E-state index >= 15 is 0 Å². The molecule has 0 aromatic heterocycles. The second-order valence-corrected chi connectivity index (χ2v) is 2.12. The Kier molecular flexibility index (Phi) is 1.89. The minimum Gasteiger partial charge on any atom is -0.484 e. The molecule has 1 aliphatic rings. The normalized spacial score (nSPS) is 24.1. The first kappa shape index (κ1) is 7.05. The van der Waals surface area contributed by atoms with Gasteiger partial charge in [0.05, 0.1) is 7.11 Å². The first-order chi connectivity index (χ1) is 4.74. The van der Waals surface area contributed by atoms with Crippen LogP contribution < -0.4 is 0 Å². The number of methoxy groups -OCH3 is 1. The first-order valence-corrected chi connectivity index (χ1v) is 3.07. The molecule has 0 radical (unpaired) electrons. The average Bonchev–Trinajstić information content (AvgIpc) is 2.34. The molecule has 0 fully saturated rings. The summed E-state index contributed by atoms with van der Waals surface area (Å²) < 4.78 is 4.78.